The first kappa shape index (κ1) is 27.0. The number of aromatic nitrogens is 1. The second-order valence-electron chi connectivity index (χ2n) is 9.48. The molecule has 8 nitrogen and oxygen atoms in total. The first-order chi connectivity index (χ1) is 15.2. The molecule has 2 rings (SSSR count). The molecular formula is C23H31ClN2O6S. The van der Waals surface area contributed by atoms with Crippen molar-refractivity contribution >= 4 is 52.2 Å². The van der Waals surface area contributed by atoms with Crippen molar-refractivity contribution in [3.05, 3.63) is 28.9 Å². The van der Waals surface area contributed by atoms with Gasteiger partial charge < -0.3 is 19.3 Å². The summed E-state index contributed by atoms with van der Waals surface area (Å²) >= 11 is 7.42. The number of ketones is 1. The van der Waals surface area contributed by atoms with E-state index in [4.69, 9.17) is 25.6 Å². The molecule has 1 amide bonds. The minimum Gasteiger partial charge on any atom is -0.458 e. The number of thioether (sulfide) groups is 1. The molecule has 2 aromatic rings. The maximum absolute atomic E-state index is 12.6. The second kappa shape index (κ2) is 11.2. The van der Waals surface area contributed by atoms with E-state index in [0.717, 1.165) is 0 Å². The van der Waals surface area contributed by atoms with Crippen LogP contribution in [0.3, 0.4) is 0 Å². The number of nitrogens with zero attached hydrogens (tertiary/aromatic N) is 1. The Balaban J connectivity index is 1.87. The van der Waals surface area contributed by atoms with Crippen molar-refractivity contribution in [2.24, 2.45) is 0 Å². The standard InChI is InChI=1S/C23H31ClN2O6S/c1-22(2,3)30-20(28)16(25-21(29)31-23(4,5)6)9-11-33-12-10-17(27)19-15-8-7-14(24)13-18(15)32-26-19/h7-8,13,16H,9-12H2,1-6H3,(H,25,29)/t16-/m0/s1. The largest absolute Gasteiger partial charge is 0.458 e. The highest BCUT2D eigenvalue weighted by Crippen LogP contribution is 2.24. The molecule has 0 unspecified atom stereocenters. The molecule has 0 bridgehead atoms. The molecule has 0 spiro atoms. The van der Waals surface area contributed by atoms with Crippen LogP contribution in [0.25, 0.3) is 11.0 Å². The van der Waals surface area contributed by atoms with Crippen molar-refractivity contribution in [3.63, 3.8) is 0 Å². The molecule has 1 atom stereocenters. The van der Waals surface area contributed by atoms with Gasteiger partial charge in [-0.25, -0.2) is 9.59 Å². The molecule has 33 heavy (non-hydrogen) atoms. The quantitative estimate of drug-likeness (QED) is 0.277. The van der Waals surface area contributed by atoms with Gasteiger partial charge >= 0.3 is 12.1 Å². The van der Waals surface area contributed by atoms with Crippen LogP contribution < -0.4 is 5.32 Å². The smallest absolute Gasteiger partial charge is 0.408 e. The molecule has 0 saturated heterocycles. The number of carbonyl (C=O) groups is 3. The predicted molar refractivity (Wildman–Crippen MR) is 129 cm³/mol. The van der Waals surface area contributed by atoms with Gasteiger partial charge in [0, 0.05) is 23.3 Å². The van der Waals surface area contributed by atoms with Crippen molar-refractivity contribution in [1.82, 2.24) is 10.5 Å². The lowest BCUT2D eigenvalue weighted by Gasteiger charge is -2.26. The van der Waals surface area contributed by atoms with Crippen LogP contribution in [0.1, 0.15) is 64.9 Å². The van der Waals surface area contributed by atoms with Gasteiger partial charge in [0.05, 0.1) is 5.39 Å². The Kier molecular flexibility index (Phi) is 9.20. The third kappa shape index (κ3) is 9.25. The van der Waals surface area contributed by atoms with Crippen LogP contribution in [0.15, 0.2) is 22.7 Å². The maximum Gasteiger partial charge on any atom is 0.408 e. The summed E-state index contributed by atoms with van der Waals surface area (Å²) in [5.41, 5.74) is -0.629. The summed E-state index contributed by atoms with van der Waals surface area (Å²) < 4.78 is 15.9. The molecule has 1 aromatic carbocycles. The molecule has 0 saturated carbocycles. The lowest BCUT2D eigenvalue weighted by Crippen LogP contribution is -2.46. The van der Waals surface area contributed by atoms with Crippen LogP contribution in [-0.4, -0.2) is 51.8 Å². The number of Topliss-reactive ketones (excluding diaryl/α,β-unsaturated/α-hetero) is 1. The van der Waals surface area contributed by atoms with E-state index in [9.17, 15) is 14.4 Å². The Morgan fingerprint density at radius 1 is 1.09 bits per heavy atom. The Bertz CT molecular complexity index is 993. The van der Waals surface area contributed by atoms with E-state index in [1.54, 1.807) is 59.7 Å². The molecule has 10 heteroatoms. The molecule has 1 heterocycles. The Hall–Kier alpha value is -2.26. The maximum atomic E-state index is 12.6. The van der Waals surface area contributed by atoms with Crippen molar-refractivity contribution in [3.8, 4) is 0 Å². The van der Waals surface area contributed by atoms with Gasteiger partial charge in [0.15, 0.2) is 17.1 Å². The Morgan fingerprint density at radius 3 is 2.39 bits per heavy atom. The van der Waals surface area contributed by atoms with Crippen LogP contribution >= 0.6 is 23.4 Å². The van der Waals surface area contributed by atoms with Gasteiger partial charge in [-0.05, 0) is 65.8 Å². The SMILES string of the molecule is CC(C)(C)OC(=O)N[C@@H](CCSCCC(=O)c1noc2cc(Cl)ccc12)C(=O)OC(C)(C)C. The summed E-state index contributed by atoms with van der Waals surface area (Å²) in [6.07, 6.45) is -0.0965. The van der Waals surface area contributed by atoms with E-state index in [0.29, 0.717) is 33.9 Å². The van der Waals surface area contributed by atoms with Crippen molar-refractivity contribution < 1.29 is 28.4 Å². The summed E-state index contributed by atoms with van der Waals surface area (Å²) in [5.74, 6) is 0.382. The highest BCUT2D eigenvalue weighted by molar-refractivity contribution is 7.99. The number of alkyl carbamates (subject to hydrolysis) is 1. The van der Waals surface area contributed by atoms with E-state index < -0.39 is 29.3 Å². The topological polar surface area (TPSA) is 108 Å². The fourth-order valence-electron chi connectivity index (χ4n) is 2.77. The first-order valence-electron chi connectivity index (χ1n) is 10.6. The molecular weight excluding hydrogens is 468 g/mol. The number of hydrogen-bond acceptors (Lipinski definition) is 8. The Morgan fingerprint density at radius 2 is 1.76 bits per heavy atom. The van der Waals surface area contributed by atoms with E-state index in [-0.39, 0.29) is 17.9 Å². The van der Waals surface area contributed by atoms with Gasteiger partial charge in [0.1, 0.15) is 17.2 Å². The number of carbonyl (C=O) groups excluding carboxylic acids is 3. The van der Waals surface area contributed by atoms with Crippen LogP contribution in [0.4, 0.5) is 4.79 Å². The van der Waals surface area contributed by atoms with E-state index in [2.05, 4.69) is 10.5 Å². The fraction of sp³-hybridized carbons (Fsp3) is 0.565. The average molecular weight is 499 g/mol. The second-order valence-corrected chi connectivity index (χ2v) is 11.1. The molecule has 182 valence electrons. The van der Waals surface area contributed by atoms with E-state index in [1.165, 1.54) is 11.8 Å². The number of amides is 1. The summed E-state index contributed by atoms with van der Waals surface area (Å²) in [5, 5.41) is 7.59. The monoisotopic (exact) mass is 498 g/mol. The lowest BCUT2D eigenvalue weighted by atomic mass is 10.1. The van der Waals surface area contributed by atoms with E-state index in [1.807, 2.05) is 0 Å². The number of ether oxygens (including phenoxy) is 2. The van der Waals surface area contributed by atoms with Crippen LogP contribution in [0.5, 0.6) is 0 Å². The minimum absolute atomic E-state index is 0.140. The fourth-order valence-corrected chi connectivity index (χ4v) is 3.87. The average Bonchev–Trinajstić information content (AvgIpc) is 3.06. The van der Waals surface area contributed by atoms with Gasteiger partial charge in [-0.1, -0.05) is 16.8 Å². The number of rotatable bonds is 9. The normalized spacial score (nSPS) is 12.9. The predicted octanol–water partition coefficient (Wildman–Crippen LogP) is 5.41. The zero-order valence-corrected chi connectivity index (χ0v) is 21.4. The lowest BCUT2D eigenvalue weighted by molar-refractivity contribution is -0.157. The molecule has 1 N–H and O–H groups in total. The summed E-state index contributed by atoms with van der Waals surface area (Å²) in [4.78, 5) is 37.2. The van der Waals surface area contributed by atoms with Gasteiger partial charge in [-0.2, -0.15) is 11.8 Å². The molecule has 0 aliphatic heterocycles. The zero-order valence-electron chi connectivity index (χ0n) is 19.8. The molecule has 1 aromatic heterocycles. The highest BCUT2D eigenvalue weighted by Gasteiger charge is 2.28. The molecule has 0 aliphatic carbocycles. The van der Waals surface area contributed by atoms with Gasteiger partial charge in [0.25, 0.3) is 0 Å². The first-order valence-corrected chi connectivity index (χ1v) is 12.2. The summed E-state index contributed by atoms with van der Waals surface area (Å²) in [6, 6.07) is 4.15. The summed E-state index contributed by atoms with van der Waals surface area (Å²) in [6.45, 7) is 10.5. The molecule has 0 aliphatic rings. The third-order valence-electron chi connectivity index (χ3n) is 4.10. The number of esters is 1. The summed E-state index contributed by atoms with van der Waals surface area (Å²) in [7, 11) is 0. The number of halogens is 1. The highest BCUT2D eigenvalue weighted by atomic mass is 35.5. The van der Waals surface area contributed by atoms with Crippen LogP contribution in [0, 0.1) is 0 Å². The number of nitrogens with one attached hydrogen (secondary N) is 1. The van der Waals surface area contributed by atoms with Crippen LogP contribution in [-0.2, 0) is 14.3 Å². The van der Waals surface area contributed by atoms with Gasteiger partial charge in [-0.3, -0.25) is 4.79 Å². The molecule has 0 radical (unpaired) electrons. The third-order valence-corrected chi connectivity index (χ3v) is 5.36. The van der Waals surface area contributed by atoms with E-state index >= 15 is 0 Å². The van der Waals surface area contributed by atoms with Crippen molar-refractivity contribution in [1.29, 1.82) is 0 Å². The Labute approximate surface area is 203 Å². The molecule has 0 fully saturated rings. The van der Waals surface area contributed by atoms with Crippen molar-refractivity contribution in [2.45, 2.75) is 71.6 Å². The number of benzene rings is 1. The minimum atomic E-state index is -0.855. The number of hydrogen-bond donors (Lipinski definition) is 1. The van der Waals surface area contributed by atoms with Gasteiger partial charge in [-0.15, -0.1) is 0 Å². The zero-order chi connectivity index (χ0) is 24.8. The van der Waals surface area contributed by atoms with Crippen LogP contribution in [0.2, 0.25) is 5.02 Å². The van der Waals surface area contributed by atoms with Gasteiger partial charge in [0.2, 0.25) is 0 Å². The van der Waals surface area contributed by atoms with Crippen molar-refractivity contribution in [2.75, 3.05) is 11.5 Å². The number of fused-ring (bicyclic) bond motifs is 1.